The SMILES string of the molecule is C=CCN(C(=O)C1N([C@@H](CO)Cc2ccccc2)C(=O)[C@@H]2[C@@H](C(=O)N(CC=C)c3ccccc3)[C@@]3(CC)CCC12O3)c1ccc(OC)cc1. The maximum Gasteiger partial charge on any atom is 0.253 e. The number of carbonyl (C=O) groups is 3. The van der Waals surface area contributed by atoms with Crippen molar-refractivity contribution < 1.29 is 29.0 Å². The van der Waals surface area contributed by atoms with Crippen LogP contribution < -0.4 is 14.5 Å². The van der Waals surface area contributed by atoms with Crippen LogP contribution in [0.1, 0.15) is 31.7 Å². The van der Waals surface area contributed by atoms with Crippen molar-refractivity contribution in [1.29, 1.82) is 0 Å². The van der Waals surface area contributed by atoms with Gasteiger partial charge in [0.1, 0.15) is 17.4 Å². The van der Waals surface area contributed by atoms with Crippen LogP contribution >= 0.6 is 0 Å². The first kappa shape index (κ1) is 34.1. The lowest BCUT2D eigenvalue weighted by molar-refractivity contribution is -0.149. The fourth-order valence-corrected chi connectivity index (χ4v) is 8.43. The molecule has 49 heavy (non-hydrogen) atoms. The Morgan fingerprint density at radius 1 is 0.939 bits per heavy atom. The minimum absolute atomic E-state index is 0.176. The quantitative estimate of drug-likeness (QED) is 0.239. The third-order valence-electron chi connectivity index (χ3n) is 10.6. The van der Waals surface area contributed by atoms with E-state index in [1.807, 2.05) is 67.6 Å². The fourth-order valence-electron chi connectivity index (χ4n) is 8.43. The molecule has 3 aromatic carbocycles. The number of hydrogen-bond acceptors (Lipinski definition) is 6. The van der Waals surface area contributed by atoms with E-state index in [0.29, 0.717) is 42.8 Å². The summed E-state index contributed by atoms with van der Waals surface area (Å²) < 4.78 is 12.4. The molecule has 2 unspecified atom stereocenters. The molecule has 3 aromatic rings. The largest absolute Gasteiger partial charge is 0.497 e. The molecule has 0 aromatic heterocycles. The van der Waals surface area contributed by atoms with Gasteiger partial charge in [0, 0.05) is 24.5 Å². The summed E-state index contributed by atoms with van der Waals surface area (Å²) in [6, 6.07) is 24.3. The van der Waals surface area contributed by atoms with Crippen molar-refractivity contribution in [3.05, 3.63) is 116 Å². The molecule has 3 fully saturated rings. The highest BCUT2D eigenvalue weighted by atomic mass is 16.5. The average Bonchev–Trinajstić information content (AvgIpc) is 3.75. The Bertz CT molecular complexity index is 1680. The lowest BCUT2D eigenvalue weighted by atomic mass is 9.64. The highest BCUT2D eigenvalue weighted by Crippen LogP contribution is 2.65. The first-order valence-electron chi connectivity index (χ1n) is 17.0. The van der Waals surface area contributed by atoms with E-state index in [-0.39, 0.29) is 37.4 Å². The van der Waals surface area contributed by atoms with Crippen molar-refractivity contribution in [1.82, 2.24) is 4.90 Å². The number of methoxy groups -OCH3 is 1. The van der Waals surface area contributed by atoms with Gasteiger partial charge in [0.05, 0.1) is 37.2 Å². The van der Waals surface area contributed by atoms with E-state index >= 15 is 9.59 Å². The van der Waals surface area contributed by atoms with Crippen LogP contribution in [0.2, 0.25) is 0 Å². The van der Waals surface area contributed by atoms with Crippen LogP contribution in [0.3, 0.4) is 0 Å². The van der Waals surface area contributed by atoms with Crippen molar-refractivity contribution in [2.45, 2.75) is 55.9 Å². The zero-order chi connectivity index (χ0) is 34.8. The highest BCUT2D eigenvalue weighted by Gasteiger charge is 2.79. The van der Waals surface area contributed by atoms with Gasteiger partial charge in [-0.1, -0.05) is 67.6 Å². The first-order chi connectivity index (χ1) is 23.8. The lowest BCUT2D eigenvalue weighted by Gasteiger charge is -2.39. The predicted octanol–water partition coefficient (Wildman–Crippen LogP) is 5.19. The van der Waals surface area contributed by atoms with Crippen molar-refractivity contribution in [2.24, 2.45) is 11.8 Å². The molecule has 2 bridgehead atoms. The Morgan fingerprint density at radius 2 is 1.53 bits per heavy atom. The Morgan fingerprint density at radius 3 is 2.10 bits per heavy atom. The van der Waals surface area contributed by atoms with Crippen LogP contribution in [-0.2, 0) is 25.5 Å². The number of aliphatic hydroxyl groups is 1. The zero-order valence-corrected chi connectivity index (χ0v) is 28.2. The Labute approximate surface area is 288 Å². The summed E-state index contributed by atoms with van der Waals surface area (Å²) in [6.07, 6.45) is 5.08. The van der Waals surface area contributed by atoms with Crippen molar-refractivity contribution in [3.63, 3.8) is 0 Å². The Hall–Kier alpha value is -4.73. The maximum atomic E-state index is 15.2. The van der Waals surface area contributed by atoms with E-state index in [1.165, 1.54) is 0 Å². The molecular weight excluding hydrogens is 618 g/mol. The minimum Gasteiger partial charge on any atom is -0.497 e. The summed E-state index contributed by atoms with van der Waals surface area (Å²) in [7, 11) is 1.58. The summed E-state index contributed by atoms with van der Waals surface area (Å²) in [6.45, 7) is 9.85. The minimum atomic E-state index is -1.28. The summed E-state index contributed by atoms with van der Waals surface area (Å²) >= 11 is 0. The normalized spacial score (nSPS) is 25.8. The Kier molecular flexibility index (Phi) is 9.77. The number of benzene rings is 3. The zero-order valence-electron chi connectivity index (χ0n) is 28.2. The number of aliphatic hydroxyl groups excluding tert-OH is 1. The van der Waals surface area contributed by atoms with Gasteiger partial charge in [0.25, 0.3) is 5.91 Å². The number of fused-ring (bicyclic) bond motifs is 1. The monoisotopic (exact) mass is 663 g/mol. The van der Waals surface area contributed by atoms with Crippen molar-refractivity contribution in [3.8, 4) is 5.75 Å². The van der Waals surface area contributed by atoms with Gasteiger partial charge < -0.3 is 29.3 Å². The van der Waals surface area contributed by atoms with Gasteiger partial charge in [0.2, 0.25) is 11.8 Å². The van der Waals surface area contributed by atoms with Gasteiger partial charge in [-0.25, -0.2) is 0 Å². The number of nitrogens with zero attached hydrogens (tertiary/aromatic N) is 3. The van der Waals surface area contributed by atoms with Gasteiger partial charge in [-0.05, 0) is 67.6 Å². The van der Waals surface area contributed by atoms with Gasteiger partial charge in [-0.2, -0.15) is 0 Å². The number of amides is 3. The predicted molar refractivity (Wildman–Crippen MR) is 189 cm³/mol. The third kappa shape index (κ3) is 5.74. The molecule has 9 heteroatoms. The lowest BCUT2D eigenvalue weighted by Crippen LogP contribution is -2.59. The number of anilines is 2. The number of ether oxygens (including phenoxy) is 2. The van der Waals surface area contributed by atoms with Gasteiger partial charge in [0.15, 0.2) is 0 Å². The van der Waals surface area contributed by atoms with E-state index in [1.54, 1.807) is 58.2 Å². The van der Waals surface area contributed by atoms with Crippen LogP contribution in [-0.4, -0.2) is 77.8 Å². The number of rotatable bonds is 14. The van der Waals surface area contributed by atoms with E-state index in [2.05, 4.69) is 13.2 Å². The molecule has 0 radical (unpaired) electrons. The van der Waals surface area contributed by atoms with Crippen LogP contribution in [0.4, 0.5) is 11.4 Å². The third-order valence-corrected chi connectivity index (χ3v) is 10.6. The molecular formula is C40H45N3O6. The molecule has 3 aliphatic rings. The van der Waals surface area contributed by atoms with Crippen LogP contribution in [0.15, 0.2) is 110 Å². The molecule has 9 nitrogen and oxygen atoms in total. The molecule has 3 saturated heterocycles. The van der Waals surface area contributed by atoms with E-state index in [4.69, 9.17) is 9.47 Å². The molecule has 0 aliphatic carbocycles. The smallest absolute Gasteiger partial charge is 0.253 e. The second-order valence-electron chi connectivity index (χ2n) is 13.1. The highest BCUT2D eigenvalue weighted by molar-refractivity contribution is 6.07. The molecule has 3 aliphatic heterocycles. The first-order valence-corrected chi connectivity index (χ1v) is 17.0. The summed E-state index contributed by atoms with van der Waals surface area (Å²) in [5.41, 5.74) is -0.00463. The van der Waals surface area contributed by atoms with Crippen LogP contribution in [0.5, 0.6) is 5.75 Å². The molecule has 3 amide bonds. The number of para-hydroxylation sites is 1. The molecule has 0 saturated carbocycles. The number of hydrogen-bond donors (Lipinski definition) is 1. The number of likely N-dealkylation sites (tertiary alicyclic amines) is 1. The molecule has 1 N–H and O–H groups in total. The van der Waals surface area contributed by atoms with Crippen molar-refractivity contribution >= 4 is 29.1 Å². The van der Waals surface area contributed by atoms with Crippen LogP contribution in [0.25, 0.3) is 0 Å². The molecule has 1 spiro atoms. The Balaban J connectivity index is 1.49. The standard InChI is InChI=1S/C40H45N3O6/c1-5-24-41(29-16-12-9-13-17-29)36(45)33-34-37(46)43(31(27-44)26-28-14-10-8-11-15-28)35(40(34)23-22-39(33,7-3)49-40)38(47)42(25-6-2)30-18-20-32(48-4)21-19-30/h5-6,8-21,31,33-35,44H,1-2,7,22-27H2,3-4H3/t31-,33+,34+,35?,39-,40?/m1/s1. The van der Waals surface area contributed by atoms with E-state index < -0.39 is 35.1 Å². The number of carbonyl (C=O) groups excluding carboxylic acids is 3. The van der Waals surface area contributed by atoms with Crippen molar-refractivity contribution in [2.75, 3.05) is 36.6 Å². The molecule has 256 valence electrons. The summed E-state index contributed by atoms with van der Waals surface area (Å²) in [4.78, 5) is 49.9. The van der Waals surface area contributed by atoms with Crippen LogP contribution in [0, 0.1) is 11.8 Å². The summed E-state index contributed by atoms with van der Waals surface area (Å²) in [5, 5.41) is 10.9. The topological polar surface area (TPSA) is 99.6 Å². The molecule has 6 rings (SSSR count). The molecule has 6 atom stereocenters. The second-order valence-corrected chi connectivity index (χ2v) is 13.1. The summed E-state index contributed by atoms with van der Waals surface area (Å²) in [5.74, 6) is -2.06. The maximum absolute atomic E-state index is 15.2. The van der Waals surface area contributed by atoms with Gasteiger partial charge in [-0.15, -0.1) is 13.2 Å². The van der Waals surface area contributed by atoms with E-state index in [0.717, 1.165) is 5.56 Å². The van der Waals surface area contributed by atoms with Gasteiger partial charge in [-0.3, -0.25) is 14.4 Å². The fraction of sp³-hybridized carbons (Fsp3) is 0.375. The van der Waals surface area contributed by atoms with E-state index in [9.17, 15) is 9.90 Å². The molecule has 3 heterocycles. The average molecular weight is 664 g/mol. The van der Waals surface area contributed by atoms with Gasteiger partial charge >= 0.3 is 0 Å². The second kappa shape index (κ2) is 14.0.